The van der Waals surface area contributed by atoms with Gasteiger partial charge in [0.2, 0.25) is 0 Å². The van der Waals surface area contributed by atoms with E-state index in [1.165, 1.54) is 17.0 Å². The van der Waals surface area contributed by atoms with E-state index in [1.807, 2.05) is 5.38 Å². The molecule has 1 fully saturated rings. The number of carbonyl (C=O) groups is 1. The number of halogens is 1. The molecule has 1 aromatic heterocycles. The maximum atomic E-state index is 13.7. The minimum absolute atomic E-state index is 0.0868. The summed E-state index contributed by atoms with van der Waals surface area (Å²) in [5, 5.41) is 2.99. The van der Waals surface area contributed by atoms with Gasteiger partial charge < -0.3 is 9.64 Å². The Balaban J connectivity index is 1.59. The highest BCUT2D eigenvalue weighted by Crippen LogP contribution is 2.16. The van der Waals surface area contributed by atoms with Gasteiger partial charge in [0.15, 0.2) is 0 Å². The fourth-order valence-corrected chi connectivity index (χ4v) is 3.43. The minimum Gasteiger partial charge on any atom is -0.379 e. The molecule has 1 aromatic carbocycles. The number of carbonyl (C=O) groups excluding carboxylic acids is 1. The van der Waals surface area contributed by atoms with Crippen molar-refractivity contribution in [3.63, 3.8) is 0 Å². The summed E-state index contributed by atoms with van der Waals surface area (Å²) < 4.78 is 19.1. The molecule has 0 radical (unpaired) electrons. The van der Waals surface area contributed by atoms with Crippen molar-refractivity contribution in [3.8, 4) is 0 Å². The Morgan fingerprint density at radius 1 is 1.38 bits per heavy atom. The first-order chi connectivity index (χ1) is 11.6. The van der Waals surface area contributed by atoms with Crippen molar-refractivity contribution in [1.82, 2.24) is 14.8 Å². The number of hydrogen-bond acceptors (Lipinski definition) is 5. The van der Waals surface area contributed by atoms with Crippen LogP contribution in [-0.2, 0) is 17.8 Å². The first-order valence-corrected chi connectivity index (χ1v) is 8.75. The van der Waals surface area contributed by atoms with E-state index in [2.05, 4.69) is 9.88 Å². The lowest BCUT2D eigenvalue weighted by molar-refractivity contribution is 0.0341. The largest absolute Gasteiger partial charge is 0.379 e. The summed E-state index contributed by atoms with van der Waals surface area (Å²) in [6.45, 7) is 4.53. The molecule has 128 valence electrons. The van der Waals surface area contributed by atoms with Gasteiger partial charge in [-0.3, -0.25) is 9.69 Å². The van der Waals surface area contributed by atoms with Crippen LogP contribution < -0.4 is 0 Å². The molecule has 0 unspecified atom stereocenters. The molecular formula is C17H20FN3O2S. The predicted octanol–water partition coefficient (Wildman–Crippen LogP) is 2.39. The third kappa shape index (κ3) is 4.17. The van der Waals surface area contributed by atoms with E-state index in [4.69, 9.17) is 4.74 Å². The van der Waals surface area contributed by atoms with Gasteiger partial charge in [0.1, 0.15) is 10.8 Å². The topological polar surface area (TPSA) is 45.7 Å². The molecule has 1 aliphatic rings. The fourth-order valence-electron chi connectivity index (χ4n) is 2.60. The van der Waals surface area contributed by atoms with Gasteiger partial charge in [0.25, 0.3) is 5.91 Å². The van der Waals surface area contributed by atoms with Crippen LogP contribution in [0.3, 0.4) is 0 Å². The van der Waals surface area contributed by atoms with E-state index < -0.39 is 5.82 Å². The molecular weight excluding hydrogens is 329 g/mol. The zero-order valence-corrected chi connectivity index (χ0v) is 14.4. The van der Waals surface area contributed by atoms with E-state index in [0.717, 1.165) is 43.5 Å². The second kappa shape index (κ2) is 7.83. The first kappa shape index (κ1) is 17.0. The Bertz CT molecular complexity index is 701. The Labute approximate surface area is 144 Å². The molecule has 5 nitrogen and oxygen atoms in total. The molecule has 0 bridgehead atoms. The smallest absolute Gasteiger partial charge is 0.256 e. The number of thiazole rings is 1. The van der Waals surface area contributed by atoms with Crippen molar-refractivity contribution in [2.24, 2.45) is 0 Å². The lowest BCUT2D eigenvalue weighted by Gasteiger charge is -2.25. The molecule has 1 amide bonds. The summed E-state index contributed by atoms with van der Waals surface area (Å²) in [6, 6.07) is 6.03. The summed E-state index contributed by atoms with van der Waals surface area (Å²) in [6.07, 6.45) is 0. The zero-order valence-electron chi connectivity index (χ0n) is 13.6. The summed E-state index contributed by atoms with van der Waals surface area (Å²) in [5.74, 6) is -0.837. The van der Waals surface area contributed by atoms with Crippen molar-refractivity contribution in [3.05, 3.63) is 51.7 Å². The van der Waals surface area contributed by atoms with Crippen LogP contribution in [-0.4, -0.2) is 54.0 Å². The standard InChI is InChI=1S/C17H20FN3O2S/c1-20(17(22)14-4-2-3-5-15(14)18)10-13-12-24-16(19-13)11-21-6-8-23-9-7-21/h2-5,12H,6-11H2,1H3. The monoisotopic (exact) mass is 349 g/mol. The second-order valence-electron chi connectivity index (χ2n) is 5.76. The molecule has 0 saturated carbocycles. The molecule has 2 heterocycles. The fraction of sp³-hybridized carbons (Fsp3) is 0.412. The average Bonchev–Trinajstić information content (AvgIpc) is 3.02. The van der Waals surface area contributed by atoms with Gasteiger partial charge in [-0.2, -0.15) is 0 Å². The molecule has 3 rings (SSSR count). The summed E-state index contributed by atoms with van der Waals surface area (Å²) in [5.41, 5.74) is 0.916. The van der Waals surface area contributed by atoms with Crippen LogP contribution in [0.5, 0.6) is 0 Å². The number of benzene rings is 1. The highest BCUT2D eigenvalue weighted by molar-refractivity contribution is 7.09. The molecule has 0 aliphatic carbocycles. The van der Waals surface area contributed by atoms with Crippen LogP contribution >= 0.6 is 11.3 Å². The molecule has 24 heavy (non-hydrogen) atoms. The van der Waals surface area contributed by atoms with E-state index in [0.29, 0.717) is 6.54 Å². The van der Waals surface area contributed by atoms with Gasteiger partial charge >= 0.3 is 0 Å². The molecule has 2 aromatic rings. The maximum Gasteiger partial charge on any atom is 0.256 e. The second-order valence-corrected chi connectivity index (χ2v) is 6.70. The zero-order chi connectivity index (χ0) is 16.9. The normalized spacial score (nSPS) is 15.4. The molecule has 0 atom stereocenters. The molecule has 0 spiro atoms. The molecule has 1 saturated heterocycles. The van der Waals surface area contributed by atoms with E-state index in [9.17, 15) is 9.18 Å². The van der Waals surface area contributed by atoms with Gasteiger partial charge in [0, 0.05) is 25.5 Å². The van der Waals surface area contributed by atoms with Crippen molar-refractivity contribution >= 4 is 17.2 Å². The molecule has 7 heteroatoms. The van der Waals surface area contributed by atoms with Gasteiger partial charge in [-0.1, -0.05) is 12.1 Å². The quantitative estimate of drug-likeness (QED) is 0.831. The summed E-state index contributed by atoms with van der Waals surface area (Å²) >= 11 is 1.59. The van der Waals surface area contributed by atoms with Gasteiger partial charge in [-0.15, -0.1) is 11.3 Å². The number of rotatable bonds is 5. The lowest BCUT2D eigenvalue weighted by atomic mass is 10.2. The number of aromatic nitrogens is 1. The van der Waals surface area contributed by atoms with Crippen LogP contribution in [0, 0.1) is 5.82 Å². The van der Waals surface area contributed by atoms with Gasteiger partial charge in [0.05, 0.1) is 37.6 Å². The van der Waals surface area contributed by atoms with E-state index >= 15 is 0 Å². The van der Waals surface area contributed by atoms with Crippen LogP contribution in [0.15, 0.2) is 29.6 Å². The van der Waals surface area contributed by atoms with Crippen molar-refractivity contribution in [1.29, 1.82) is 0 Å². The third-order valence-electron chi connectivity index (χ3n) is 3.91. The minimum atomic E-state index is -0.499. The summed E-state index contributed by atoms with van der Waals surface area (Å²) in [4.78, 5) is 20.7. The highest BCUT2D eigenvalue weighted by atomic mass is 32.1. The Hall–Kier alpha value is -1.83. The Morgan fingerprint density at radius 3 is 2.88 bits per heavy atom. The van der Waals surface area contributed by atoms with Crippen LogP contribution in [0.4, 0.5) is 4.39 Å². The predicted molar refractivity (Wildman–Crippen MR) is 90.4 cm³/mol. The molecule has 1 aliphatic heterocycles. The third-order valence-corrected chi connectivity index (χ3v) is 4.79. The number of amides is 1. The molecule has 0 N–H and O–H groups in total. The number of morpholine rings is 1. The Morgan fingerprint density at radius 2 is 2.12 bits per heavy atom. The van der Waals surface area contributed by atoms with Gasteiger partial charge in [-0.25, -0.2) is 9.37 Å². The highest BCUT2D eigenvalue weighted by Gasteiger charge is 2.17. The number of hydrogen-bond donors (Lipinski definition) is 0. The van der Waals surface area contributed by atoms with Crippen LogP contribution in [0.2, 0.25) is 0 Å². The number of ether oxygens (including phenoxy) is 1. The van der Waals surface area contributed by atoms with E-state index in [1.54, 1.807) is 30.5 Å². The van der Waals surface area contributed by atoms with E-state index in [-0.39, 0.29) is 11.5 Å². The Kier molecular flexibility index (Phi) is 5.55. The maximum absolute atomic E-state index is 13.7. The van der Waals surface area contributed by atoms with Crippen molar-refractivity contribution in [2.45, 2.75) is 13.1 Å². The SMILES string of the molecule is CN(Cc1csc(CN2CCOCC2)n1)C(=O)c1ccccc1F. The summed E-state index contributed by atoms with van der Waals surface area (Å²) in [7, 11) is 1.66. The lowest BCUT2D eigenvalue weighted by Crippen LogP contribution is -2.35. The van der Waals surface area contributed by atoms with Crippen LogP contribution in [0.1, 0.15) is 21.1 Å². The average molecular weight is 349 g/mol. The van der Waals surface area contributed by atoms with Crippen molar-refractivity contribution in [2.75, 3.05) is 33.4 Å². The van der Waals surface area contributed by atoms with Gasteiger partial charge in [-0.05, 0) is 12.1 Å². The van der Waals surface area contributed by atoms with Crippen molar-refractivity contribution < 1.29 is 13.9 Å². The first-order valence-electron chi connectivity index (χ1n) is 7.87. The number of nitrogens with zero attached hydrogens (tertiary/aromatic N) is 3. The van der Waals surface area contributed by atoms with Crippen LogP contribution in [0.25, 0.3) is 0 Å².